The van der Waals surface area contributed by atoms with Crippen molar-refractivity contribution in [1.82, 2.24) is 0 Å². The van der Waals surface area contributed by atoms with Crippen LogP contribution in [-0.2, 0) is 11.2 Å². The molecule has 10 heavy (non-hydrogen) atoms. The average Bonchev–Trinajstić information content (AvgIpc) is 1.88. The second kappa shape index (κ2) is 2.94. The van der Waals surface area contributed by atoms with Crippen molar-refractivity contribution in [2.75, 3.05) is 12.0 Å². The number of benzene rings is 1. The van der Waals surface area contributed by atoms with Gasteiger partial charge in [-0.05, 0) is 23.3 Å². The molecule has 1 aromatic carbocycles. The van der Waals surface area contributed by atoms with Crippen LogP contribution in [0.25, 0.3) is 0 Å². The topological polar surface area (TPSA) is 49.1 Å². The van der Waals surface area contributed by atoms with Crippen LogP contribution in [0.4, 0.5) is 5.69 Å². The van der Waals surface area contributed by atoms with Crippen molar-refractivity contribution in [3.05, 3.63) is 24.3 Å². The summed E-state index contributed by atoms with van der Waals surface area (Å²) in [5.41, 5.74) is 6.13. The van der Waals surface area contributed by atoms with E-state index < -0.39 is 11.2 Å². The molecule has 0 saturated heterocycles. The van der Waals surface area contributed by atoms with Gasteiger partial charge in [0.25, 0.3) is 0 Å². The number of para-hydroxylation sites is 1. The first-order valence-electron chi connectivity index (χ1n) is 2.90. The van der Waals surface area contributed by atoms with Gasteiger partial charge in [-0.3, -0.25) is 0 Å². The van der Waals surface area contributed by atoms with E-state index in [9.17, 15) is 4.55 Å². The fourth-order valence-corrected chi connectivity index (χ4v) is 1.41. The highest BCUT2D eigenvalue weighted by molar-refractivity contribution is 7.90. The number of hydrogen-bond acceptors (Lipinski definition) is 2. The average molecular weight is 155 g/mol. The predicted octanol–water partition coefficient (Wildman–Crippen LogP) is 1.01. The minimum Gasteiger partial charge on any atom is -0.612 e. The van der Waals surface area contributed by atoms with E-state index in [0.717, 1.165) is 0 Å². The molecule has 0 spiro atoms. The van der Waals surface area contributed by atoms with Gasteiger partial charge in [0.1, 0.15) is 6.26 Å². The van der Waals surface area contributed by atoms with Crippen LogP contribution in [0.15, 0.2) is 29.2 Å². The second-order valence-electron chi connectivity index (χ2n) is 1.99. The Balaban J connectivity index is 3.03. The summed E-state index contributed by atoms with van der Waals surface area (Å²) < 4.78 is 10.9. The Kier molecular flexibility index (Phi) is 2.19. The third-order valence-corrected chi connectivity index (χ3v) is 2.22. The van der Waals surface area contributed by atoms with Crippen LogP contribution in [0.2, 0.25) is 0 Å². The molecule has 0 aliphatic carbocycles. The summed E-state index contributed by atoms with van der Waals surface area (Å²) in [5, 5.41) is 0. The van der Waals surface area contributed by atoms with E-state index >= 15 is 0 Å². The Labute approximate surface area is 63.2 Å². The summed E-state index contributed by atoms with van der Waals surface area (Å²) in [6, 6.07) is 7.17. The van der Waals surface area contributed by atoms with Crippen molar-refractivity contribution >= 4 is 16.9 Å². The molecule has 0 amide bonds. The molecule has 2 N–H and O–H groups in total. The summed E-state index contributed by atoms with van der Waals surface area (Å²) in [5.74, 6) is 0. The van der Waals surface area contributed by atoms with Crippen molar-refractivity contribution in [3.8, 4) is 0 Å². The van der Waals surface area contributed by atoms with Gasteiger partial charge < -0.3 is 10.3 Å². The van der Waals surface area contributed by atoms with Crippen LogP contribution >= 0.6 is 0 Å². The van der Waals surface area contributed by atoms with Gasteiger partial charge in [-0.15, -0.1) is 0 Å². The molecule has 1 rings (SSSR count). The Morgan fingerprint density at radius 3 is 2.40 bits per heavy atom. The van der Waals surface area contributed by atoms with E-state index in [2.05, 4.69) is 0 Å². The smallest absolute Gasteiger partial charge is 0.175 e. The van der Waals surface area contributed by atoms with Crippen LogP contribution in [0.3, 0.4) is 0 Å². The monoisotopic (exact) mass is 155 g/mol. The minimum absolute atomic E-state index is 0.600. The van der Waals surface area contributed by atoms with Gasteiger partial charge in [-0.25, -0.2) is 0 Å². The highest BCUT2D eigenvalue weighted by atomic mass is 32.2. The van der Waals surface area contributed by atoms with E-state index in [1.165, 1.54) is 0 Å². The molecule has 0 bridgehead atoms. The molecular weight excluding hydrogens is 146 g/mol. The lowest BCUT2D eigenvalue weighted by Crippen LogP contribution is -2.01. The quantitative estimate of drug-likeness (QED) is 0.486. The van der Waals surface area contributed by atoms with E-state index in [1.54, 1.807) is 18.4 Å². The zero-order valence-electron chi connectivity index (χ0n) is 5.70. The van der Waals surface area contributed by atoms with Gasteiger partial charge in [0.2, 0.25) is 0 Å². The van der Waals surface area contributed by atoms with Gasteiger partial charge >= 0.3 is 0 Å². The van der Waals surface area contributed by atoms with Gasteiger partial charge in [-0.1, -0.05) is 12.1 Å². The molecule has 0 heterocycles. The molecular formula is C7H9NOS. The molecule has 0 radical (unpaired) electrons. The maximum absolute atomic E-state index is 10.9. The SMILES string of the molecule is C[S@+]([O-])c1ccccc1N. The Morgan fingerprint density at radius 1 is 1.40 bits per heavy atom. The van der Waals surface area contributed by atoms with Gasteiger partial charge in [0, 0.05) is 0 Å². The molecule has 0 saturated carbocycles. The maximum Gasteiger partial charge on any atom is 0.175 e. The number of nitrogen functional groups attached to an aromatic ring is 1. The van der Waals surface area contributed by atoms with Crippen molar-refractivity contribution in [3.63, 3.8) is 0 Å². The Morgan fingerprint density at radius 2 is 2.00 bits per heavy atom. The van der Waals surface area contributed by atoms with Crippen LogP contribution in [0.1, 0.15) is 0 Å². The molecule has 54 valence electrons. The third kappa shape index (κ3) is 1.43. The summed E-state index contributed by atoms with van der Waals surface area (Å²) in [6.45, 7) is 0. The summed E-state index contributed by atoms with van der Waals surface area (Å²) in [6.07, 6.45) is 1.62. The summed E-state index contributed by atoms with van der Waals surface area (Å²) >= 11 is -0.966. The predicted molar refractivity (Wildman–Crippen MR) is 43.2 cm³/mol. The second-order valence-corrected chi connectivity index (χ2v) is 3.34. The molecule has 2 nitrogen and oxygen atoms in total. The first-order chi connectivity index (χ1) is 4.72. The molecule has 0 aliphatic rings. The van der Waals surface area contributed by atoms with Crippen LogP contribution in [-0.4, -0.2) is 10.8 Å². The molecule has 0 unspecified atom stereocenters. The van der Waals surface area contributed by atoms with Crippen LogP contribution in [0.5, 0.6) is 0 Å². The van der Waals surface area contributed by atoms with Crippen molar-refractivity contribution < 1.29 is 4.55 Å². The Bertz CT molecular complexity index is 225. The minimum atomic E-state index is -0.966. The fraction of sp³-hybridized carbons (Fsp3) is 0.143. The standard InChI is InChI=1S/C7H9NOS/c1-10(9)7-5-3-2-4-6(7)8/h2-5H,8H2,1H3/t10-/m0/s1. The van der Waals surface area contributed by atoms with Gasteiger partial charge in [0.05, 0.1) is 5.69 Å². The number of nitrogens with two attached hydrogens (primary N) is 1. The third-order valence-electron chi connectivity index (χ3n) is 1.23. The zero-order chi connectivity index (χ0) is 7.56. The lowest BCUT2D eigenvalue weighted by molar-refractivity contribution is 0.601. The number of rotatable bonds is 1. The molecule has 3 heteroatoms. The van der Waals surface area contributed by atoms with E-state index in [0.29, 0.717) is 10.6 Å². The maximum atomic E-state index is 10.9. The zero-order valence-corrected chi connectivity index (χ0v) is 6.52. The van der Waals surface area contributed by atoms with Crippen LogP contribution in [0, 0.1) is 0 Å². The van der Waals surface area contributed by atoms with Crippen molar-refractivity contribution in [1.29, 1.82) is 0 Å². The van der Waals surface area contributed by atoms with Crippen molar-refractivity contribution in [2.24, 2.45) is 0 Å². The van der Waals surface area contributed by atoms with Gasteiger partial charge in [0.15, 0.2) is 4.90 Å². The van der Waals surface area contributed by atoms with Crippen LogP contribution < -0.4 is 5.73 Å². The first-order valence-corrected chi connectivity index (χ1v) is 4.45. The highest BCUT2D eigenvalue weighted by Crippen LogP contribution is 2.15. The van der Waals surface area contributed by atoms with Gasteiger partial charge in [-0.2, -0.15) is 0 Å². The van der Waals surface area contributed by atoms with E-state index in [-0.39, 0.29) is 0 Å². The fourth-order valence-electron chi connectivity index (χ4n) is 0.742. The van der Waals surface area contributed by atoms with E-state index in [1.807, 2.05) is 12.1 Å². The molecule has 1 atom stereocenters. The Hall–Kier alpha value is -0.670. The summed E-state index contributed by atoms with van der Waals surface area (Å²) in [7, 11) is 0. The number of anilines is 1. The van der Waals surface area contributed by atoms with E-state index in [4.69, 9.17) is 5.73 Å². The highest BCUT2D eigenvalue weighted by Gasteiger charge is 2.05. The number of hydrogen-bond donors (Lipinski definition) is 1. The molecule has 0 aromatic heterocycles. The normalized spacial score (nSPS) is 13.0. The molecule has 0 fully saturated rings. The first kappa shape index (κ1) is 7.44. The lowest BCUT2D eigenvalue weighted by Gasteiger charge is -2.05. The molecule has 0 aliphatic heterocycles. The summed E-state index contributed by atoms with van der Waals surface area (Å²) in [4.78, 5) is 0.711. The molecule has 1 aromatic rings. The van der Waals surface area contributed by atoms with Crippen molar-refractivity contribution in [2.45, 2.75) is 4.90 Å². The lowest BCUT2D eigenvalue weighted by atomic mass is 10.3. The largest absolute Gasteiger partial charge is 0.612 e.